The number of nitrogens with two attached hydrogens (primary N) is 1. The molecule has 1 saturated heterocycles. The summed E-state index contributed by atoms with van der Waals surface area (Å²) in [6.45, 7) is 7.57. The first-order chi connectivity index (χ1) is 11.4. The highest BCUT2D eigenvalue weighted by atomic mass is 16.4. The lowest BCUT2D eigenvalue weighted by Gasteiger charge is -2.40. The third-order valence-electron chi connectivity index (χ3n) is 5.44. The molecule has 5 heteroatoms. The maximum Gasteiger partial charge on any atom is 0.451 e. The molecule has 134 valence electrons. The van der Waals surface area contributed by atoms with E-state index < -0.39 is 7.12 Å². The van der Waals surface area contributed by atoms with Crippen molar-refractivity contribution in [1.29, 1.82) is 0 Å². The number of benzene rings is 1. The van der Waals surface area contributed by atoms with Crippen LogP contribution in [0.25, 0.3) is 0 Å². The Labute approximate surface area is 147 Å². The summed E-state index contributed by atoms with van der Waals surface area (Å²) in [7, 11) is -1.18. The van der Waals surface area contributed by atoms with E-state index in [-0.39, 0.29) is 5.54 Å². The van der Waals surface area contributed by atoms with Crippen LogP contribution >= 0.6 is 0 Å². The van der Waals surface area contributed by atoms with Crippen molar-refractivity contribution in [2.24, 2.45) is 11.7 Å². The van der Waals surface area contributed by atoms with Crippen LogP contribution in [-0.2, 0) is 6.54 Å². The van der Waals surface area contributed by atoms with E-state index in [0.29, 0.717) is 12.2 Å². The molecule has 1 aliphatic rings. The molecule has 1 aromatic carbocycles. The van der Waals surface area contributed by atoms with E-state index in [0.717, 1.165) is 51.7 Å². The second-order valence-electron chi connectivity index (χ2n) is 7.77. The van der Waals surface area contributed by atoms with Crippen LogP contribution in [0.1, 0.15) is 50.2 Å². The fourth-order valence-electron chi connectivity index (χ4n) is 3.86. The Morgan fingerprint density at radius 2 is 1.96 bits per heavy atom. The molecule has 0 aromatic heterocycles. The lowest BCUT2D eigenvalue weighted by molar-refractivity contribution is 0.125. The maximum atomic E-state index is 8.92. The molecule has 4 N–H and O–H groups in total. The lowest BCUT2D eigenvalue weighted by Crippen LogP contribution is -2.49. The Bertz CT molecular complexity index is 500. The third-order valence-corrected chi connectivity index (χ3v) is 5.44. The van der Waals surface area contributed by atoms with Gasteiger partial charge >= 0.3 is 7.12 Å². The molecular formula is C19H33BN2O2. The summed E-state index contributed by atoms with van der Waals surface area (Å²) >= 11 is 0. The molecule has 1 unspecified atom stereocenters. The van der Waals surface area contributed by atoms with Crippen molar-refractivity contribution in [1.82, 2.24) is 4.90 Å². The summed E-state index contributed by atoms with van der Waals surface area (Å²) in [6, 6.07) is 8.76. The van der Waals surface area contributed by atoms with Gasteiger partial charge in [0, 0.05) is 12.1 Å². The van der Waals surface area contributed by atoms with Gasteiger partial charge in [-0.05, 0) is 64.0 Å². The summed E-state index contributed by atoms with van der Waals surface area (Å²) < 4.78 is 0. The van der Waals surface area contributed by atoms with Crippen molar-refractivity contribution < 1.29 is 10.0 Å². The van der Waals surface area contributed by atoms with Crippen molar-refractivity contribution in [2.45, 2.75) is 64.4 Å². The molecule has 0 saturated carbocycles. The zero-order valence-electron chi connectivity index (χ0n) is 15.2. The van der Waals surface area contributed by atoms with Gasteiger partial charge in [0.15, 0.2) is 0 Å². The van der Waals surface area contributed by atoms with Gasteiger partial charge in [-0.15, -0.1) is 0 Å². The number of rotatable bonds is 8. The first-order valence-electron chi connectivity index (χ1n) is 9.30. The van der Waals surface area contributed by atoms with Gasteiger partial charge in [-0.2, -0.15) is 0 Å². The van der Waals surface area contributed by atoms with E-state index in [2.05, 4.69) is 43.0 Å². The highest BCUT2D eigenvalue weighted by Gasteiger charge is 2.32. The summed E-state index contributed by atoms with van der Waals surface area (Å²) in [4.78, 5) is 2.53. The molecule has 0 amide bonds. The van der Waals surface area contributed by atoms with Crippen LogP contribution in [0.2, 0.25) is 6.32 Å². The molecule has 0 aliphatic carbocycles. The van der Waals surface area contributed by atoms with Crippen LogP contribution in [0.15, 0.2) is 24.3 Å². The molecule has 1 atom stereocenters. The van der Waals surface area contributed by atoms with Gasteiger partial charge in [0.1, 0.15) is 0 Å². The van der Waals surface area contributed by atoms with Crippen molar-refractivity contribution in [3.05, 3.63) is 35.4 Å². The van der Waals surface area contributed by atoms with Crippen LogP contribution in [0, 0.1) is 12.8 Å². The van der Waals surface area contributed by atoms with Crippen LogP contribution < -0.4 is 5.73 Å². The molecule has 1 aromatic rings. The standard InChI is InChI=1S/C19H33BN2O2/c1-16-6-5-7-17(14-16)15-22-12-8-18(9-13-22)19(2,21)10-3-4-11-20(23)24/h5-7,14,18,23-24H,3-4,8-13,15,21H2,1-2H3. The van der Waals surface area contributed by atoms with Crippen molar-refractivity contribution in [3.63, 3.8) is 0 Å². The number of hydrogen-bond donors (Lipinski definition) is 3. The number of hydrogen-bond acceptors (Lipinski definition) is 4. The second-order valence-corrected chi connectivity index (χ2v) is 7.77. The van der Waals surface area contributed by atoms with Crippen molar-refractivity contribution in [3.8, 4) is 0 Å². The fraction of sp³-hybridized carbons (Fsp3) is 0.684. The Morgan fingerprint density at radius 3 is 2.58 bits per heavy atom. The van der Waals surface area contributed by atoms with Gasteiger partial charge in [-0.1, -0.05) is 42.7 Å². The SMILES string of the molecule is Cc1cccc(CN2CCC(C(C)(N)CCCCB(O)O)CC2)c1. The number of piperidine rings is 1. The average Bonchev–Trinajstić information content (AvgIpc) is 2.52. The third kappa shape index (κ3) is 6.21. The van der Waals surface area contributed by atoms with E-state index in [1.54, 1.807) is 0 Å². The van der Waals surface area contributed by atoms with Gasteiger partial charge in [-0.3, -0.25) is 4.90 Å². The summed E-state index contributed by atoms with van der Waals surface area (Å²) in [5.41, 5.74) is 9.16. The minimum Gasteiger partial charge on any atom is -0.427 e. The molecule has 1 aliphatic heterocycles. The van der Waals surface area contributed by atoms with Gasteiger partial charge in [0.05, 0.1) is 0 Å². The fourth-order valence-corrected chi connectivity index (χ4v) is 3.86. The minimum absolute atomic E-state index is 0.143. The zero-order valence-corrected chi connectivity index (χ0v) is 15.2. The maximum absolute atomic E-state index is 8.92. The lowest BCUT2D eigenvalue weighted by atomic mass is 9.75. The van der Waals surface area contributed by atoms with Crippen LogP contribution in [0.4, 0.5) is 0 Å². The van der Waals surface area contributed by atoms with E-state index >= 15 is 0 Å². The molecule has 1 fully saturated rings. The molecule has 2 rings (SSSR count). The topological polar surface area (TPSA) is 69.7 Å². The molecule has 4 nitrogen and oxygen atoms in total. The van der Waals surface area contributed by atoms with Crippen LogP contribution in [0.3, 0.4) is 0 Å². The molecule has 0 bridgehead atoms. The van der Waals surface area contributed by atoms with E-state index in [4.69, 9.17) is 15.8 Å². The van der Waals surface area contributed by atoms with Gasteiger partial charge in [0.25, 0.3) is 0 Å². The predicted octanol–water partition coefficient (Wildman–Crippen LogP) is 2.57. The first-order valence-corrected chi connectivity index (χ1v) is 9.30. The Balaban J connectivity index is 1.74. The predicted molar refractivity (Wildman–Crippen MR) is 101 cm³/mol. The van der Waals surface area contributed by atoms with Gasteiger partial charge < -0.3 is 15.8 Å². The minimum atomic E-state index is -1.18. The van der Waals surface area contributed by atoms with Crippen molar-refractivity contribution in [2.75, 3.05) is 13.1 Å². The monoisotopic (exact) mass is 332 g/mol. The Morgan fingerprint density at radius 1 is 1.25 bits per heavy atom. The van der Waals surface area contributed by atoms with Gasteiger partial charge in [0.2, 0.25) is 0 Å². The Kier molecular flexibility index (Phi) is 7.29. The van der Waals surface area contributed by atoms with Crippen molar-refractivity contribution >= 4 is 7.12 Å². The first kappa shape index (κ1) is 19.4. The molecule has 24 heavy (non-hydrogen) atoms. The summed E-state index contributed by atoms with van der Waals surface area (Å²) in [5, 5.41) is 17.8. The molecular weight excluding hydrogens is 299 g/mol. The molecule has 0 radical (unpaired) electrons. The average molecular weight is 332 g/mol. The number of aryl methyl sites for hydroxylation is 1. The largest absolute Gasteiger partial charge is 0.451 e. The number of unbranched alkanes of at least 4 members (excludes halogenated alkanes) is 1. The van der Waals surface area contributed by atoms with E-state index in [9.17, 15) is 0 Å². The number of likely N-dealkylation sites (tertiary alicyclic amines) is 1. The van der Waals surface area contributed by atoms with E-state index in [1.165, 1.54) is 11.1 Å². The zero-order chi connectivity index (χ0) is 17.6. The summed E-state index contributed by atoms with van der Waals surface area (Å²) in [6.07, 6.45) is 5.51. The quantitative estimate of drug-likeness (QED) is 0.505. The smallest absolute Gasteiger partial charge is 0.427 e. The normalized spacial score (nSPS) is 19.2. The highest BCUT2D eigenvalue weighted by molar-refractivity contribution is 6.40. The van der Waals surface area contributed by atoms with Crippen LogP contribution in [-0.4, -0.2) is 40.7 Å². The van der Waals surface area contributed by atoms with E-state index in [1.807, 2.05) is 0 Å². The molecule has 1 heterocycles. The second kappa shape index (κ2) is 9.00. The summed E-state index contributed by atoms with van der Waals surface area (Å²) in [5.74, 6) is 0.560. The number of nitrogens with zero attached hydrogens (tertiary/aromatic N) is 1. The van der Waals surface area contributed by atoms with Crippen LogP contribution in [0.5, 0.6) is 0 Å². The molecule has 0 spiro atoms. The Hall–Kier alpha value is -0.875. The van der Waals surface area contributed by atoms with Gasteiger partial charge in [-0.25, -0.2) is 0 Å². The highest BCUT2D eigenvalue weighted by Crippen LogP contribution is 2.31.